The Balaban J connectivity index is 1.96. The van der Waals surface area contributed by atoms with Crippen LogP contribution < -0.4 is 4.74 Å². The first-order valence-corrected chi connectivity index (χ1v) is 5.96. The van der Waals surface area contributed by atoms with Crippen LogP contribution in [0.15, 0.2) is 18.3 Å². The lowest BCUT2D eigenvalue weighted by Gasteiger charge is -2.27. The standard InChI is InChI=1S/C13H16N2O2/c14-8-12-13(2-1-7-15-12)17-11-5-3-10(9-16)4-6-11/h1-2,7,10-11,16H,3-6,9H2. The molecule has 1 aliphatic rings. The lowest BCUT2D eigenvalue weighted by atomic mass is 9.88. The molecule has 0 aliphatic heterocycles. The summed E-state index contributed by atoms with van der Waals surface area (Å²) in [4.78, 5) is 3.97. The Bertz CT molecular complexity index is 406. The van der Waals surface area contributed by atoms with E-state index in [0.717, 1.165) is 25.7 Å². The Morgan fingerprint density at radius 3 is 2.82 bits per heavy atom. The maximum atomic E-state index is 9.06. The Kier molecular flexibility index (Phi) is 3.94. The summed E-state index contributed by atoms with van der Waals surface area (Å²) < 4.78 is 5.80. The van der Waals surface area contributed by atoms with Crippen LogP contribution in [0.3, 0.4) is 0 Å². The Morgan fingerprint density at radius 2 is 2.18 bits per heavy atom. The molecule has 1 saturated carbocycles. The SMILES string of the molecule is N#Cc1ncccc1OC1CCC(CO)CC1. The molecule has 1 N–H and O–H groups in total. The molecule has 1 aromatic rings. The molecule has 17 heavy (non-hydrogen) atoms. The summed E-state index contributed by atoms with van der Waals surface area (Å²) in [6.45, 7) is 0.267. The molecule has 1 fully saturated rings. The van der Waals surface area contributed by atoms with E-state index in [2.05, 4.69) is 4.98 Å². The highest BCUT2D eigenvalue weighted by atomic mass is 16.5. The molecule has 4 heteroatoms. The number of rotatable bonds is 3. The number of pyridine rings is 1. The van der Waals surface area contributed by atoms with Gasteiger partial charge in [-0.05, 0) is 43.7 Å². The van der Waals surface area contributed by atoms with Gasteiger partial charge in [-0.15, -0.1) is 0 Å². The van der Waals surface area contributed by atoms with E-state index in [9.17, 15) is 0 Å². The summed E-state index contributed by atoms with van der Waals surface area (Å²) in [5.41, 5.74) is 0.344. The number of ether oxygens (including phenoxy) is 1. The van der Waals surface area contributed by atoms with Gasteiger partial charge in [-0.25, -0.2) is 4.98 Å². The summed E-state index contributed by atoms with van der Waals surface area (Å²) in [7, 11) is 0. The highest BCUT2D eigenvalue weighted by Gasteiger charge is 2.22. The molecule has 90 valence electrons. The number of aliphatic hydroxyl groups excluding tert-OH is 1. The predicted octanol–water partition coefficient (Wildman–Crippen LogP) is 1.88. The van der Waals surface area contributed by atoms with Crippen molar-refractivity contribution >= 4 is 0 Å². The van der Waals surface area contributed by atoms with Crippen molar-refractivity contribution in [2.24, 2.45) is 5.92 Å². The molecule has 0 unspecified atom stereocenters. The zero-order valence-corrected chi connectivity index (χ0v) is 9.67. The monoisotopic (exact) mass is 232 g/mol. The van der Waals surface area contributed by atoms with Gasteiger partial charge in [0, 0.05) is 12.8 Å². The lowest BCUT2D eigenvalue weighted by Crippen LogP contribution is -2.25. The van der Waals surface area contributed by atoms with Crippen LogP contribution in [0.25, 0.3) is 0 Å². The van der Waals surface area contributed by atoms with Gasteiger partial charge in [-0.2, -0.15) is 5.26 Å². The Hall–Kier alpha value is -1.60. The van der Waals surface area contributed by atoms with Gasteiger partial charge in [0.15, 0.2) is 11.4 Å². The summed E-state index contributed by atoms with van der Waals surface area (Å²) >= 11 is 0. The number of aromatic nitrogens is 1. The maximum Gasteiger partial charge on any atom is 0.182 e. The number of aliphatic hydroxyl groups is 1. The molecule has 0 saturated heterocycles. The van der Waals surface area contributed by atoms with Crippen LogP contribution in [0, 0.1) is 17.2 Å². The Morgan fingerprint density at radius 1 is 1.41 bits per heavy atom. The topological polar surface area (TPSA) is 66.1 Å². The van der Waals surface area contributed by atoms with E-state index in [1.165, 1.54) is 0 Å². The van der Waals surface area contributed by atoms with E-state index in [-0.39, 0.29) is 12.7 Å². The van der Waals surface area contributed by atoms with E-state index >= 15 is 0 Å². The minimum absolute atomic E-state index is 0.147. The average molecular weight is 232 g/mol. The highest BCUT2D eigenvalue weighted by molar-refractivity contribution is 5.36. The first-order chi connectivity index (χ1) is 8.33. The first kappa shape index (κ1) is 11.9. The van der Waals surface area contributed by atoms with Crippen molar-refractivity contribution in [3.05, 3.63) is 24.0 Å². The molecule has 0 aromatic carbocycles. The molecule has 1 heterocycles. The Labute approximate surface area is 101 Å². The van der Waals surface area contributed by atoms with Gasteiger partial charge in [0.25, 0.3) is 0 Å². The van der Waals surface area contributed by atoms with Crippen molar-refractivity contribution < 1.29 is 9.84 Å². The third kappa shape index (κ3) is 2.95. The minimum Gasteiger partial charge on any atom is -0.487 e. The maximum absolute atomic E-state index is 9.06. The smallest absolute Gasteiger partial charge is 0.182 e. The molecule has 0 atom stereocenters. The molecule has 0 radical (unpaired) electrons. The van der Waals surface area contributed by atoms with E-state index in [1.807, 2.05) is 6.07 Å². The second-order valence-corrected chi connectivity index (χ2v) is 4.41. The predicted molar refractivity (Wildman–Crippen MR) is 62.4 cm³/mol. The third-order valence-corrected chi connectivity index (χ3v) is 3.22. The van der Waals surface area contributed by atoms with Crippen molar-refractivity contribution in [3.63, 3.8) is 0 Å². The molecule has 2 rings (SSSR count). The molecule has 0 bridgehead atoms. The number of nitriles is 1. The van der Waals surface area contributed by atoms with E-state index in [4.69, 9.17) is 15.1 Å². The summed E-state index contributed by atoms with van der Waals surface area (Å²) in [6, 6.07) is 5.58. The zero-order valence-electron chi connectivity index (χ0n) is 9.67. The fraction of sp³-hybridized carbons (Fsp3) is 0.538. The fourth-order valence-electron chi connectivity index (χ4n) is 2.18. The van der Waals surface area contributed by atoms with E-state index < -0.39 is 0 Å². The molecule has 1 aromatic heterocycles. The van der Waals surface area contributed by atoms with Gasteiger partial charge in [-0.1, -0.05) is 0 Å². The largest absolute Gasteiger partial charge is 0.487 e. The second kappa shape index (κ2) is 5.65. The van der Waals surface area contributed by atoms with Crippen LogP contribution in [-0.4, -0.2) is 22.8 Å². The van der Waals surface area contributed by atoms with Gasteiger partial charge >= 0.3 is 0 Å². The summed E-state index contributed by atoms with van der Waals surface area (Å²) in [5, 5.41) is 18.0. The first-order valence-electron chi connectivity index (χ1n) is 5.96. The second-order valence-electron chi connectivity index (χ2n) is 4.41. The number of hydrogen-bond donors (Lipinski definition) is 1. The summed E-state index contributed by atoms with van der Waals surface area (Å²) in [6.07, 6.45) is 5.59. The molecule has 4 nitrogen and oxygen atoms in total. The highest BCUT2D eigenvalue weighted by Crippen LogP contribution is 2.28. The third-order valence-electron chi connectivity index (χ3n) is 3.22. The van der Waals surface area contributed by atoms with E-state index in [1.54, 1.807) is 18.3 Å². The zero-order chi connectivity index (χ0) is 12.1. The molecule has 1 aliphatic carbocycles. The molecular weight excluding hydrogens is 216 g/mol. The fourth-order valence-corrected chi connectivity index (χ4v) is 2.18. The molecular formula is C13H16N2O2. The van der Waals surface area contributed by atoms with Crippen LogP contribution in [0.1, 0.15) is 31.4 Å². The van der Waals surface area contributed by atoms with Crippen molar-refractivity contribution in [2.75, 3.05) is 6.61 Å². The van der Waals surface area contributed by atoms with Crippen LogP contribution in [-0.2, 0) is 0 Å². The average Bonchev–Trinajstić information content (AvgIpc) is 2.40. The van der Waals surface area contributed by atoms with Gasteiger partial charge in [-0.3, -0.25) is 0 Å². The van der Waals surface area contributed by atoms with Crippen molar-refractivity contribution in [1.82, 2.24) is 4.98 Å². The molecule has 0 spiro atoms. The number of hydrogen-bond acceptors (Lipinski definition) is 4. The van der Waals surface area contributed by atoms with Crippen LogP contribution in [0.2, 0.25) is 0 Å². The molecule has 0 amide bonds. The summed E-state index contributed by atoms with van der Waals surface area (Å²) in [5.74, 6) is 0.988. The van der Waals surface area contributed by atoms with Gasteiger partial charge in [0.2, 0.25) is 0 Å². The normalized spacial score (nSPS) is 24.0. The number of nitrogens with zero attached hydrogens (tertiary/aromatic N) is 2. The van der Waals surface area contributed by atoms with Crippen LogP contribution in [0.5, 0.6) is 5.75 Å². The van der Waals surface area contributed by atoms with Gasteiger partial charge in [0.1, 0.15) is 6.07 Å². The van der Waals surface area contributed by atoms with Crippen LogP contribution in [0.4, 0.5) is 0 Å². The van der Waals surface area contributed by atoms with Crippen molar-refractivity contribution in [3.8, 4) is 11.8 Å². The van der Waals surface area contributed by atoms with Gasteiger partial charge < -0.3 is 9.84 Å². The van der Waals surface area contributed by atoms with Gasteiger partial charge in [0.05, 0.1) is 6.10 Å². The van der Waals surface area contributed by atoms with E-state index in [0.29, 0.717) is 17.4 Å². The van der Waals surface area contributed by atoms with Crippen molar-refractivity contribution in [1.29, 1.82) is 5.26 Å². The van der Waals surface area contributed by atoms with Crippen LogP contribution >= 0.6 is 0 Å². The minimum atomic E-state index is 0.147. The van der Waals surface area contributed by atoms with Crippen molar-refractivity contribution in [2.45, 2.75) is 31.8 Å². The lowest BCUT2D eigenvalue weighted by molar-refractivity contribution is 0.103. The quantitative estimate of drug-likeness (QED) is 0.864.